The topological polar surface area (TPSA) is 102 Å². The van der Waals surface area contributed by atoms with Crippen LogP contribution in [0.4, 0.5) is 0 Å². The van der Waals surface area contributed by atoms with Crippen molar-refractivity contribution in [2.24, 2.45) is 0 Å². The predicted molar refractivity (Wildman–Crippen MR) is 107 cm³/mol. The molecule has 0 radical (unpaired) electrons. The number of halogens is 1. The molecule has 1 fully saturated rings. The number of nitrogens with one attached hydrogen (secondary N) is 1. The third-order valence-corrected chi connectivity index (χ3v) is 6.28. The average molecular weight is 423 g/mol. The number of hydrogen-bond donors (Lipinski definition) is 4. The van der Waals surface area contributed by atoms with Gasteiger partial charge in [0.2, 0.25) is 5.91 Å². The van der Waals surface area contributed by atoms with E-state index >= 15 is 0 Å². The Balaban J connectivity index is 2.14. The Morgan fingerprint density at radius 3 is 2.63 bits per heavy atom. The van der Waals surface area contributed by atoms with E-state index in [2.05, 4.69) is 12.2 Å². The van der Waals surface area contributed by atoms with Gasteiger partial charge in [-0.3, -0.25) is 9.69 Å². The zero-order valence-corrected chi connectivity index (χ0v) is 17.8. The molecule has 27 heavy (non-hydrogen) atoms. The highest BCUT2D eigenvalue weighted by Crippen LogP contribution is 2.30. The van der Waals surface area contributed by atoms with Crippen LogP contribution in [0.25, 0.3) is 0 Å². The average Bonchev–Trinajstić information content (AvgIpc) is 2.99. The Labute approximate surface area is 170 Å². The van der Waals surface area contributed by atoms with Gasteiger partial charge >= 0.3 is 0 Å². The zero-order valence-electron chi connectivity index (χ0n) is 16.2. The molecule has 0 aliphatic carbocycles. The van der Waals surface area contributed by atoms with E-state index in [9.17, 15) is 20.1 Å². The second kappa shape index (κ2) is 9.91. The smallest absolute Gasteiger partial charge is 0.241 e. The van der Waals surface area contributed by atoms with Crippen molar-refractivity contribution in [2.45, 2.75) is 74.0 Å². The second-order valence-electron chi connectivity index (χ2n) is 7.32. The van der Waals surface area contributed by atoms with Gasteiger partial charge < -0.3 is 25.4 Å². The van der Waals surface area contributed by atoms with Crippen LogP contribution in [0.5, 0.6) is 0 Å². The summed E-state index contributed by atoms with van der Waals surface area (Å²) in [5.74, 6) is -0.224. The molecule has 156 valence electrons. The minimum Gasteiger partial charge on any atom is -0.388 e. The number of amides is 1. The number of ether oxygens (including phenoxy) is 1. The lowest BCUT2D eigenvalue weighted by Gasteiger charge is -2.44. The molecule has 0 bridgehead atoms. The van der Waals surface area contributed by atoms with E-state index in [1.54, 1.807) is 13.2 Å². The fourth-order valence-corrected chi connectivity index (χ4v) is 4.54. The molecule has 0 aromatic rings. The van der Waals surface area contributed by atoms with Crippen LogP contribution < -0.4 is 5.32 Å². The van der Waals surface area contributed by atoms with Gasteiger partial charge in [0, 0.05) is 6.54 Å². The van der Waals surface area contributed by atoms with Gasteiger partial charge in [0.05, 0.1) is 11.4 Å². The molecule has 4 N–H and O–H groups in total. The third kappa shape index (κ3) is 5.18. The van der Waals surface area contributed by atoms with Crippen LogP contribution in [0.3, 0.4) is 0 Å². The number of rotatable bonds is 7. The highest BCUT2D eigenvalue weighted by molar-refractivity contribution is 7.99. The van der Waals surface area contributed by atoms with E-state index < -0.39 is 47.3 Å². The van der Waals surface area contributed by atoms with Gasteiger partial charge in [-0.2, -0.15) is 0 Å². The largest absolute Gasteiger partial charge is 0.388 e. The Kier molecular flexibility index (Phi) is 8.42. The standard InChI is InChI=1S/C18H31ClN2O5S/c1-5-6-10-7-11(21(3)8-10)17(25)20-12(9(2)19)16-14(23)13(22)15(24)18(26-16)27-4/h7,9,11-16,18,22-24H,5-6,8H2,1-4H3,(H,20,25)/t9-,11+,12+,13?,14+,15?,16+,18+/m0/s1. The summed E-state index contributed by atoms with van der Waals surface area (Å²) in [7, 11) is 1.89. The van der Waals surface area contributed by atoms with Gasteiger partial charge in [-0.15, -0.1) is 23.4 Å². The van der Waals surface area contributed by atoms with Crippen molar-refractivity contribution in [3.8, 4) is 0 Å². The van der Waals surface area contributed by atoms with Crippen LogP contribution in [-0.4, -0.2) is 93.3 Å². The molecular weight excluding hydrogens is 392 g/mol. The first-order valence-electron chi connectivity index (χ1n) is 9.27. The van der Waals surface area contributed by atoms with Gasteiger partial charge in [0.15, 0.2) is 0 Å². The van der Waals surface area contributed by atoms with Crippen molar-refractivity contribution >= 4 is 29.3 Å². The molecular formula is C18H31ClN2O5S. The highest BCUT2D eigenvalue weighted by Gasteiger charge is 2.48. The normalized spacial score (nSPS) is 37.0. The molecule has 9 heteroatoms. The van der Waals surface area contributed by atoms with E-state index in [-0.39, 0.29) is 5.91 Å². The molecule has 0 aromatic heterocycles. The SMILES string of the molecule is CCCC1=C[C@H](C(=O)N[C@@H]([C@H]2O[C@H](SC)C(O)C(O)[C@H]2O)[C@H](C)Cl)N(C)C1. The van der Waals surface area contributed by atoms with Crippen LogP contribution in [0.2, 0.25) is 0 Å². The number of thioether (sulfide) groups is 1. The van der Waals surface area contributed by atoms with Gasteiger partial charge in [-0.05, 0) is 26.6 Å². The predicted octanol–water partition coefficient (Wildman–Crippen LogP) is 0.310. The van der Waals surface area contributed by atoms with Crippen molar-refractivity contribution in [1.29, 1.82) is 0 Å². The van der Waals surface area contributed by atoms with E-state index in [0.717, 1.165) is 19.4 Å². The first-order chi connectivity index (χ1) is 12.7. The minimum atomic E-state index is -1.37. The molecule has 2 heterocycles. The van der Waals surface area contributed by atoms with Crippen LogP contribution in [0.15, 0.2) is 11.6 Å². The molecule has 1 amide bonds. The summed E-state index contributed by atoms with van der Waals surface area (Å²) in [5, 5.41) is 32.9. The van der Waals surface area contributed by atoms with Gasteiger partial charge in [0.25, 0.3) is 0 Å². The Hall–Kier alpha value is -0.350. The number of likely N-dealkylation sites (N-methyl/N-ethyl adjacent to an activating group) is 1. The summed E-state index contributed by atoms with van der Waals surface area (Å²) < 4.78 is 5.78. The lowest BCUT2D eigenvalue weighted by atomic mass is 9.93. The summed E-state index contributed by atoms with van der Waals surface area (Å²) >= 11 is 7.52. The van der Waals surface area contributed by atoms with Gasteiger partial charge in [-0.25, -0.2) is 0 Å². The fourth-order valence-electron chi connectivity index (χ4n) is 3.65. The van der Waals surface area contributed by atoms with Crippen LogP contribution >= 0.6 is 23.4 Å². The summed E-state index contributed by atoms with van der Waals surface area (Å²) in [4.78, 5) is 14.8. The summed E-state index contributed by atoms with van der Waals surface area (Å²) in [6.07, 6.45) is 0.804. The molecule has 1 saturated heterocycles. The number of carbonyl (C=O) groups excluding carboxylic acids is 1. The maximum Gasteiger partial charge on any atom is 0.241 e. The minimum absolute atomic E-state index is 0.224. The highest BCUT2D eigenvalue weighted by atomic mass is 35.5. The van der Waals surface area contributed by atoms with Gasteiger partial charge in [-0.1, -0.05) is 25.0 Å². The van der Waals surface area contributed by atoms with Gasteiger partial charge in [0.1, 0.15) is 35.9 Å². The maximum absolute atomic E-state index is 12.9. The molecule has 2 aliphatic rings. The molecule has 2 aliphatic heterocycles. The van der Waals surface area contributed by atoms with E-state index in [0.29, 0.717) is 0 Å². The van der Waals surface area contributed by atoms with Crippen LogP contribution in [0.1, 0.15) is 26.7 Å². The third-order valence-electron chi connectivity index (χ3n) is 5.16. The number of alkyl halides is 1. The number of aliphatic hydroxyl groups excluding tert-OH is 3. The van der Waals surface area contributed by atoms with Crippen molar-refractivity contribution in [3.63, 3.8) is 0 Å². The summed E-state index contributed by atoms with van der Waals surface area (Å²) in [6.45, 7) is 4.54. The number of aliphatic hydroxyl groups is 3. The fraction of sp³-hybridized carbons (Fsp3) is 0.833. The molecule has 0 aromatic carbocycles. The van der Waals surface area contributed by atoms with E-state index in [4.69, 9.17) is 16.3 Å². The summed E-state index contributed by atoms with van der Waals surface area (Å²) in [6, 6.07) is -1.12. The van der Waals surface area contributed by atoms with Crippen molar-refractivity contribution in [3.05, 3.63) is 11.6 Å². The van der Waals surface area contributed by atoms with Crippen LogP contribution in [-0.2, 0) is 9.53 Å². The first kappa shape index (κ1) is 22.9. The molecule has 0 saturated carbocycles. The van der Waals surface area contributed by atoms with Crippen molar-refractivity contribution < 1.29 is 24.9 Å². The number of carbonyl (C=O) groups is 1. The molecule has 0 spiro atoms. The molecule has 2 unspecified atom stereocenters. The Morgan fingerprint density at radius 1 is 1.41 bits per heavy atom. The number of nitrogens with zero attached hydrogens (tertiary/aromatic N) is 1. The maximum atomic E-state index is 12.9. The van der Waals surface area contributed by atoms with E-state index in [1.807, 2.05) is 18.0 Å². The van der Waals surface area contributed by atoms with E-state index in [1.165, 1.54) is 17.3 Å². The van der Waals surface area contributed by atoms with Crippen LogP contribution in [0, 0.1) is 0 Å². The second-order valence-corrected chi connectivity index (χ2v) is 8.95. The van der Waals surface area contributed by atoms with Crippen molar-refractivity contribution in [1.82, 2.24) is 10.2 Å². The molecule has 8 atom stereocenters. The zero-order chi connectivity index (χ0) is 20.3. The first-order valence-corrected chi connectivity index (χ1v) is 11.0. The Bertz CT molecular complexity index is 548. The lowest BCUT2D eigenvalue weighted by Crippen LogP contribution is -2.65. The quantitative estimate of drug-likeness (QED) is 0.346. The lowest BCUT2D eigenvalue weighted by molar-refractivity contribution is -0.205. The molecule has 2 rings (SSSR count). The summed E-state index contributed by atoms with van der Waals surface area (Å²) in [5.41, 5.74) is 0.513. The molecule has 7 nitrogen and oxygen atoms in total. The monoisotopic (exact) mass is 422 g/mol. The van der Waals surface area contributed by atoms with Crippen molar-refractivity contribution in [2.75, 3.05) is 19.8 Å². The number of hydrogen-bond acceptors (Lipinski definition) is 7. The Morgan fingerprint density at radius 2 is 2.07 bits per heavy atom.